The lowest BCUT2D eigenvalue weighted by Crippen LogP contribution is -2.41. The van der Waals surface area contributed by atoms with E-state index in [2.05, 4.69) is 9.97 Å². The van der Waals surface area contributed by atoms with Gasteiger partial charge in [-0.3, -0.25) is 9.97 Å². The van der Waals surface area contributed by atoms with Crippen LogP contribution in [0.2, 0.25) is 0 Å². The number of nitrogens with two attached hydrogens (primary N) is 1. The van der Waals surface area contributed by atoms with Crippen LogP contribution in [0.5, 0.6) is 0 Å². The van der Waals surface area contributed by atoms with Crippen molar-refractivity contribution in [3.8, 4) is 0 Å². The van der Waals surface area contributed by atoms with Gasteiger partial charge in [-0.1, -0.05) is 12.1 Å². The van der Waals surface area contributed by atoms with Crippen molar-refractivity contribution in [2.45, 2.75) is 25.3 Å². The van der Waals surface area contributed by atoms with Gasteiger partial charge in [0.25, 0.3) is 0 Å². The summed E-state index contributed by atoms with van der Waals surface area (Å²) in [6.45, 7) is 2.04. The van der Waals surface area contributed by atoms with Gasteiger partial charge in [0.1, 0.15) is 0 Å². The molecule has 2 aromatic heterocycles. The lowest BCUT2D eigenvalue weighted by Gasteiger charge is -2.23. The predicted octanol–water partition coefficient (Wildman–Crippen LogP) is 1.98. The Morgan fingerprint density at radius 3 is 1.76 bits per heavy atom. The molecule has 0 fully saturated rings. The Balaban J connectivity index is 2.04. The van der Waals surface area contributed by atoms with Crippen LogP contribution >= 0.6 is 0 Å². The van der Waals surface area contributed by atoms with Crippen molar-refractivity contribution in [2.75, 3.05) is 0 Å². The van der Waals surface area contributed by atoms with Gasteiger partial charge < -0.3 is 5.73 Å². The number of hydrogen-bond donors (Lipinski definition) is 1. The second-order valence-corrected chi connectivity index (χ2v) is 4.65. The molecule has 0 spiro atoms. The first-order valence-corrected chi connectivity index (χ1v) is 5.74. The highest BCUT2D eigenvalue weighted by Gasteiger charge is 2.20. The van der Waals surface area contributed by atoms with E-state index in [1.807, 2.05) is 43.3 Å². The molecule has 0 radical (unpaired) electrons. The molecule has 3 nitrogen and oxygen atoms in total. The molecule has 0 bridgehead atoms. The third-order valence-electron chi connectivity index (χ3n) is 2.62. The van der Waals surface area contributed by atoms with Gasteiger partial charge in [-0.2, -0.15) is 0 Å². The van der Waals surface area contributed by atoms with Crippen molar-refractivity contribution in [2.24, 2.45) is 5.73 Å². The quantitative estimate of drug-likeness (QED) is 0.869. The summed E-state index contributed by atoms with van der Waals surface area (Å²) in [5.74, 6) is 0. The van der Waals surface area contributed by atoms with Crippen molar-refractivity contribution in [1.29, 1.82) is 0 Å². The van der Waals surface area contributed by atoms with Gasteiger partial charge in [0.05, 0.1) is 0 Å². The molecule has 17 heavy (non-hydrogen) atoms. The molecule has 0 amide bonds. The zero-order valence-electron chi connectivity index (χ0n) is 10.0. The van der Waals surface area contributed by atoms with Crippen LogP contribution in [-0.4, -0.2) is 15.5 Å². The van der Waals surface area contributed by atoms with Gasteiger partial charge in [0.2, 0.25) is 0 Å². The third-order valence-corrected chi connectivity index (χ3v) is 2.62. The summed E-state index contributed by atoms with van der Waals surface area (Å²) in [4.78, 5) is 8.61. The maximum Gasteiger partial charge on any atom is 0.0421 e. The van der Waals surface area contributed by atoms with E-state index in [4.69, 9.17) is 5.73 Å². The number of aromatic nitrogens is 2. The normalized spacial score (nSPS) is 11.4. The van der Waals surface area contributed by atoms with Crippen LogP contribution in [0.1, 0.15) is 18.3 Å². The standard InChI is InChI=1S/C14H17N3/c1-14(15,10-12-6-2-4-8-16-12)11-13-7-3-5-9-17-13/h2-9H,10-11,15H2,1H3. The molecule has 0 saturated heterocycles. The van der Waals surface area contributed by atoms with Gasteiger partial charge in [-0.25, -0.2) is 0 Å². The van der Waals surface area contributed by atoms with Crippen LogP contribution in [0.25, 0.3) is 0 Å². The molecule has 2 N–H and O–H groups in total. The molecule has 2 rings (SSSR count). The predicted molar refractivity (Wildman–Crippen MR) is 68.5 cm³/mol. The lowest BCUT2D eigenvalue weighted by molar-refractivity contribution is 0.453. The van der Waals surface area contributed by atoms with Crippen LogP contribution in [0.4, 0.5) is 0 Å². The smallest absolute Gasteiger partial charge is 0.0421 e. The van der Waals surface area contributed by atoms with Crippen molar-refractivity contribution in [1.82, 2.24) is 9.97 Å². The summed E-state index contributed by atoms with van der Waals surface area (Å²) in [6, 6.07) is 11.8. The molecule has 2 heterocycles. The van der Waals surface area contributed by atoms with E-state index in [1.54, 1.807) is 12.4 Å². The highest BCUT2D eigenvalue weighted by molar-refractivity contribution is 5.12. The fourth-order valence-corrected chi connectivity index (χ4v) is 1.90. The maximum absolute atomic E-state index is 6.30. The Morgan fingerprint density at radius 1 is 0.941 bits per heavy atom. The average Bonchev–Trinajstić information content (AvgIpc) is 2.30. The number of hydrogen-bond acceptors (Lipinski definition) is 3. The van der Waals surface area contributed by atoms with E-state index in [9.17, 15) is 0 Å². The second kappa shape index (κ2) is 5.06. The summed E-state index contributed by atoms with van der Waals surface area (Å²) in [5.41, 5.74) is 8.03. The van der Waals surface area contributed by atoms with E-state index >= 15 is 0 Å². The highest BCUT2D eigenvalue weighted by atomic mass is 14.8. The summed E-state index contributed by atoms with van der Waals surface area (Å²) in [7, 11) is 0. The van der Waals surface area contributed by atoms with Crippen molar-refractivity contribution >= 4 is 0 Å². The van der Waals surface area contributed by atoms with Gasteiger partial charge in [0, 0.05) is 42.2 Å². The molecule has 0 atom stereocenters. The maximum atomic E-state index is 6.30. The van der Waals surface area contributed by atoms with Gasteiger partial charge in [0.15, 0.2) is 0 Å². The molecule has 0 saturated carbocycles. The largest absolute Gasteiger partial charge is 0.325 e. The first-order valence-electron chi connectivity index (χ1n) is 5.74. The van der Waals surface area contributed by atoms with Gasteiger partial charge in [-0.15, -0.1) is 0 Å². The zero-order valence-corrected chi connectivity index (χ0v) is 10.0. The van der Waals surface area contributed by atoms with Crippen LogP contribution in [0, 0.1) is 0 Å². The first-order chi connectivity index (χ1) is 8.16. The molecule has 0 aliphatic heterocycles. The Labute approximate surface area is 102 Å². The molecule has 2 aromatic rings. The molecule has 3 heteroatoms. The third kappa shape index (κ3) is 3.64. The van der Waals surface area contributed by atoms with Crippen LogP contribution < -0.4 is 5.73 Å². The second-order valence-electron chi connectivity index (χ2n) is 4.65. The fourth-order valence-electron chi connectivity index (χ4n) is 1.90. The van der Waals surface area contributed by atoms with Crippen LogP contribution in [0.3, 0.4) is 0 Å². The minimum Gasteiger partial charge on any atom is -0.325 e. The van der Waals surface area contributed by atoms with Crippen LogP contribution in [0.15, 0.2) is 48.8 Å². The molecular formula is C14H17N3. The average molecular weight is 227 g/mol. The van der Waals surface area contributed by atoms with Gasteiger partial charge in [-0.05, 0) is 31.2 Å². The van der Waals surface area contributed by atoms with Crippen molar-refractivity contribution in [3.05, 3.63) is 60.2 Å². The summed E-state index contributed by atoms with van der Waals surface area (Å²) in [6.07, 6.45) is 5.10. The van der Waals surface area contributed by atoms with E-state index in [0.717, 1.165) is 24.2 Å². The minimum atomic E-state index is -0.317. The number of pyridine rings is 2. The van der Waals surface area contributed by atoms with Gasteiger partial charge >= 0.3 is 0 Å². The summed E-state index contributed by atoms with van der Waals surface area (Å²) >= 11 is 0. The highest BCUT2D eigenvalue weighted by Crippen LogP contribution is 2.13. The Bertz CT molecular complexity index is 408. The Hall–Kier alpha value is -1.74. The van der Waals surface area contributed by atoms with Crippen molar-refractivity contribution < 1.29 is 0 Å². The fraction of sp³-hybridized carbons (Fsp3) is 0.286. The van der Waals surface area contributed by atoms with E-state index in [0.29, 0.717) is 0 Å². The molecular weight excluding hydrogens is 210 g/mol. The Morgan fingerprint density at radius 2 is 1.41 bits per heavy atom. The summed E-state index contributed by atoms with van der Waals surface area (Å²) < 4.78 is 0. The topological polar surface area (TPSA) is 51.8 Å². The number of rotatable bonds is 4. The lowest BCUT2D eigenvalue weighted by atomic mass is 9.91. The first kappa shape index (κ1) is 11.7. The van der Waals surface area contributed by atoms with Crippen LogP contribution in [-0.2, 0) is 12.8 Å². The zero-order chi connectivity index (χ0) is 12.1. The minimum absolute atomic E-state index is 0.317. The van der Waals surface area contributed by atoms with Crippen molar-refractivity contribution in [3.63, 3.8) is 0 Å². The summed E-state index contributed by atoms with van der Waals surface area (Å²) in [5, 5.41) is 0. The molecule has 88 valence electrons. The molecule has 0 aliphatic rings. The monoisotopic (exact) mass is 227 g/mol. The van der Waals surface area contributed by atoms with E-state index in [1.165, 1.54) is 0 Å². The molecule has 0 aliphatic carbocycles. The SMILES string of the molecule is CC(N)(Cc1ccccn1)Cc1ccccn1. The molecule has 0 aromatic carbocycles. The van der Waals surface area contributed by atoms with E-state index in [-0.39, 0.29) is 5.54 Å². The van der Waals surface area contributed by atoms with E-state index < -0.39 is 0 Å². The Kier molecular flexibility index (Phi) is 3.49. The number of nitrogens with zero attached hydrogens (tertiary/aromatic N) is 2. The molecule has 0 unspecified atom stereocenters.